The monoisotopic (exact) mass is 447 g/mol. The fraction of sp³-hybridized carbons (Fsp3) is 0.409. The number of carbonyl (C=O) groups is 1. The average Bonchev–Trinajstić information content (AvgIpc) is 3.19. The molecule has 168 valence electrons. The summed E-state index contributed by atoms with van der Waals surface area (Å²) in [5.74, 6) is 0.952. The molecule has 31 heavy (non-hydrogen) atoms. The number of carbonyl (C=O) groups excluding carboxylic acids is 1. The molecular formula is C22H29N3O5S. The average molecular weight is 448 g/mol. The Morgan fingerprint density at radius 2 is 1.87 bits per heavy atom. The maximum Gasteiger partial charge on any atom is 0.248 e. The molecule has 8 nitrogen and oxygen atoms in total. The summed E-state index contributed by atoms with van der Waals surface area (Å²) in [7, 11) is -3.68. The second-order valence-electron chi connectivity index (χ2n) is 7.14. The molecule has 1 fully saturated rings. The number of morpholine rings is 1. The van der Waals surface area contributed by atoms with Crippen LogP contribution in [0.15, 0.2) is 45.7 Å². The molecule has 1 aromatic carbocycles. The Morgan fingerprint density at radius 3 is 2.48 bits per heavy atom. The van der Waals surface area contributed by atoms with Crippen molar-refractivity contribution in [2.45, 2.75) is 25.7 Å². The summed E-state index contributed by atoms with van der Waals surface area (Å²) >= 11 is 0. The van der Waals surface area contributed by atoms with Gasteiger partial charge < -0.3 is 19.4 Å². The van der Waals surface area contributed by atoms with Gasteiger partial charge in [0.1, 0.15) is 11.5 Å². The van der Waals surface area contributed by atoms with Crippen LogP contribution in [-0.2, 0) is 19.6 Å². The summed E-state index contributed by atoms with van der Waals surface area (Å²) in [5, 5.41) is 2.84. The van der Waals surface area contributed by atoms with Gasteiger partial charge in [-0.25, -0.2) is 8.42 Å². The minimum absolute atomic E-state index is 0.145. The summed E-state index contributed by atoms with van der Waals surface area (Å²) in [6.45, 7) is 8.65. The van der Waals surface area contributed by atoms with Crippen molar-refractivity contribution < 1.29 is 22.4 Å². The van der Waals surface area contributed by atoms with Crippen LogP contribution < -0.4 is 10.2 Å². The number of rotatable bonds is 8. The van der Waals surface area contributed by atoms with E-state index in [9.17, 15) is 13.2 Å². The number of sulfonamides is 1. The van der Waals surface area contributed by atoms with Gasteiger partial charge in [-0.2, -0.15) is 4.31 Å². The molecule has 9 heteroatoms. The van der Waals surface area contributed by atoms with Gasteiger partial charge in [-0.15, -0.1) is 0 Å². The van der Waals surface area contributed by atoms with Gasteiger partial charge in [-0.05, 0) is 57.2 Å². The van der Waals surface area contributed by atoms with E-state index in [0.717, 1.165) is 24.5 Å². The van der Waals surface area contributed by atoms with Crippen molar-refractivity contribution in [1.29, 1.82) is 0 Å². The van der Waals surface area contributed by atoms with Crippen molar-refractivity contribution in [3.05, 3.63) is 47.9 Å². The minimum Gasteiger partial charge on any atom is -0.462 e. The first kappa shape index (κ1) is 23.1. The largest absolute Gasteiger partial charge is 0.462 e. The van der Waals surface area contributed by atoms with E-state index in [-0.39, 0.29) is 10.8 Å². The van der Waals surface area contributed by atoms with E-state index in [0.29, 0.717) is 37.8 Å². The van der Waals surface area contributed by atoms with Crippen molar-refractivity contribution in [2.24, 2.45) is 0 Å². The quantitative estimate of drug-likeness (QED) is 0.625. The molecule has 1 aliphatic rings. The van der Waals surface area contributed by atoms with E-state index in [1.165, 1.54) is 16.4 Å². The molecule has 1 N–H and O–H groups in total. The fourth-order valence-corrected chi connectivity index (χ4v) is 4.86. The first-order valence-corrected chi connectivity index (χ1v) is 11.8. The van der Waals surface area contributed by atoms with Crippen LogP contribution in [0.1, 0.15) is 25.4 Å². The molecule has 1 amide bonds. The minimum atomic E-state index is -3.68. The second-order valence-corrected chi connectivity index (χ2v) is 9.08. The first-order valence-electron chi connectivity index (χ1n) is 10.4. The molecule has 0 saturated carbocycles. The van der Waals surface area contributed by atoms with Crippen molar-refractivity contribution in [3.8, 4) is 0 Å². The standard InChI is InChI=1S/C22H29N3O5S/c1-4-24(5-2)21-10-9-19(31(27,28)25-12-14-29-15-13-25)16-20(21)23-22(26)11-8-18-7-6-17(3)30-18/h6-11,16H,4-5,12-15H2,1-3H3,(H,23,26)/b11-8+. The highest BCUT2D eigenvalue weighted by Gasteiger charge is 2.27. The molecule has 2 heterocycles. The number of ether oxygens (including phenoxy) is 1. The number of hydrogen-bond donors (Lipinski definition) is 1. The maximum absolute atomic E-state index is 13.1. The molecular weight excluding hydrogens is 418 g/mol. The molecule has 3 rings (SSSR count). The van der Waals surface area contributed by atoms with Gasteiger partial charge in [0.15, 0.2) is 0 Å². The summed E-state index contributed by atoms with van der Waals surface area (Å²) in [4.78, 5) is 14.8. The zero-order valence-corrected chi connectivity index (χ0v) is 18.9. The lowest BCUT2D eigenvalue weighted by atomic mass is 10.2. The highest BCUT2D eigenvalue weighted by Crippen LogP contribution is 2.30. The van der Waals surface area contributed by atoms with Crippen LogP contribution in [0.2, 0.25) is 0 Å². The third-order valence-corrected chi connectivity index (χ3v) is 6.99. The highest BCUT2D eigenvalue weighted by atomic mass is 32.2. The molecule has 1 aliphatic heterocycles. The number of benzene rings is 1. The topological polar surface area (TPSA) is 92.1 Å². The van der Waals surface area contributed by atoms with E-state index < -0.39 is 10.0 Å². The normalized spacial score (nSPS) is 15.3. The molecule has 0 bridgehead atoms. The zero-order chi connectivity index (χ0) is 22.4. The van der Waals surface area contributed by atoms with E-state index in [2.05, 4.69) is 10.2 Å². The van der Waals surface area contributed by atoms with Crippen molar-refractivity contribution in [1.82, 2.24) is 4.31 Å². The Balaban J connectivity index is 1.90. The lowest BCUT2D eigenvalue weighted by Gasteiger charge is -2.28. The van der Waals surface area contributed by atoms with Crippen LogP contribution in [0.25, 0.3) is 6.08 Å². The van der Waals surface area contributed by atoms with Crippen molar-refractivity contribution in [2.75, 3.05) is 49.6 Å². The van der Waals surface area contributed by atoms with Crippen LogP contribution in [0, 0.1) is 6.92 Å². The van der Waals surface area contributed by atoms with Gasteiger partial charge in [0.2, 0.25) is 15.9 Å². The van der Waals surface area contributed by atoms with Crippen LogP contribution in [-0.4, -0.2) is 58.0 Å². The zero-order valence-electron chi connectivity index (χ0n) is 18.1. The Bertz CT molecular complexity index is 1040. The predicted molar refractivity (Wildman–Crippen MR) is 121 cm³/mol. The van der Waals surface area contributed by atoms with Crippen LogP contribution in [0.3, 0.4) is 0 Å². The molecule has 0 radical (unpaired) electrons. The van der Waals surface area contributed by atoms with Gasteiger partial charge in [0.05, 0.1) is 29.5 Å². The van der Waals surface area contributed by atoms with Gasteiger partial charge in [-0.3, -0.25) is 4.79 Å². The lowest BCUT2D eigenvalue weighted by Crippen LogP contribution is -2.40. The van der Waals surface area contributed by atoms with Crippen molar-refractivity contribution >= 4 is 33.4 Å². The Kier molecular flexibility index (Phi) is 7.53. The summed E-state index contributed by atoms with van der Waals surface area (Å²) in [6.07, 6.45) is 2.95. The molecule has 0 spiro atoms. The van der Waals surface area contributed by atoms with Gasteiger partial charge in [0.25, 0.3) is 0 Å². The molecule has 0 atom stereocenters. The molecule has 0 aliphatic carbocycles. The summed E-state index contributed by atoms with van der Waals surface area (Å²) < 4.78 is 38.3. The van der Waals surface area contributed by atoms with E-state index in [4.69, 9.17) is 9.15 Å². The fourth-order valence-electron chi connectivity index (χ4n) is 3.43. The van der Waals surface area contributed by atoms with Crippen LogP contribution >= 0.6 is 0 Å². The molecule has 1 aromatic heterocycles. The number of nitrogens with zero attached hydrogens (tertiary/aromatic N) is 2. The predicted octanol–water partition coefficient (Wildman–Crippen LogP) is 3.11. The lowest BCUT2D eigenvalue weighted by molar-refractivity contribution is -0.111. The number of furan rings is 1. The van der Waals surface area contributed by atoms with E-state index in [1.54, 1.807) is 24.3 Å². The third-order valence-electron chi connectivity index (χ3n) is 5.10. The molecule has 1 saturated heterocycles. The number of amides is 1. The second kappa shape index (κ2) is 10.1. The number of hydrogen-bond acceptors (Lipinski definition) is 6. The van der Waals surface area contributed by atoms with Gasteiger partial charge >= 0.3 is 0 Å². The Hall–Kier alpha value is -2.62. The maximum atomic E-state index is 13.1. The van der Waals surface area contributed by atoms with Crippen LogP contribution in [0.4, 0.5) is 11.4 Å². The highest BCUT2D eigenvalue weighted by molar-refractivity contribution is 7.89. The first-order chi connectivity index (χ1) is 14.8. The SMILES string of the molecule is CCN(CC)c1ccc(S(=O)(=O)N2CCOCC2)cc1NC(=O)/C=C/c1ccc(C)o1. The summed E-state index contributed by atoms with van der Waals surface area (Å²) in [5.41, 5.74) is 1.21. The number of nitrogens with one attached hydrogen (secondary N) is 1. The third kappa shape index (κ3) is 5.55. The number of aryl methyl sites for hydroxylation is 1. The van der Waals surface area contributed by atoms with Crippen LogP contribution in [0.5, 0.6) is 0 Å². The van der Waals surface area contributed by atoms with E-state index >= 15 is 0 Å². The Labute approximate surface area is 183 Å². The van der Waals surface area contributed by atoms with Gasteiger partial charge in [-0.1, -0.05) is 0 Å². The van der Waals surface area contributed by atoms with E-state index in [1.807, 2.05) is 26.8 Å². The smallest absolute Gasteiger partial charge is 0.248 e. The number of anilines is 2. The Morgan fingerprint density at radius 1 is 1.16 bits per heavy atom. The van der Waals surface area contributed by atoms with Crippen molar-refractivity contribution in [3.63, 3.8) is 0 Å². The molecule has 2 aromatic rings. The molecule has 0 unspecified atom stereocenters. The summed E-state index contributed by atoms with van der Waals surface area (Å²) in [6, 6.07) is 8.46. The van der Waals surface area contributed by atoms with Gasteiger partial charge in [0, 0.05) is 32.3 Å².